The molecule has 0 bridgehead atoms. The molecule has 2 aromatic carbocycles. The zero-order chi connectivity index (χ0) is 22.8. The van der Waals surface area contributed by atoms with Crippen molar-refractivity contribution in [3.8, 4) is 17.2 Å². The first kappa shape index (κ1) is 21.5. The van der Waals surface area contributed by atoms with Crippen LogP contribution in [0.3, 0.4) is 0 Å². The lowest BCUT2D eigenvalue weighted by Gasteiger charge is -2.18. The molecule has 0 spiro atoms. The molecule has 0 radical (unpaired) electrons. The number of anilines is 2. The monoisotopic (exact) mass is 434 g/mol. The van der Waals surface area contributed by atoms with Gasteiger partial charge in [-0.15, -0.1) is 0 Å². The van der Waals surface area contributed by atoms with Gasteiger partial charge in [-0.3, -0.25) is 9.59 Å². The molecule has 3 aromatic rings. The summed E-state index contributed by atoms with van der Waals surface area (Å²) in [7, 11) is 1.59. The van der Waals surface area contributed by atoms with Gasteiger partial charge in [0.15, 0.2) is 5.82 Å². The summed E-state index contributed by atoms with van der Waals surface area (Å²) >= 11 is 0. The van der Waals surface area contributed by atoms with E-state index in [0.717, 1.165) is 11.3 Å². The van der Waals surface area contributed by atoms with Gasteiger partial charge in [0.05, 0.1) is 24.3 Å². The second-order valence-electron chi connectivity index (χ2n) is 8.20. The molecule has 32 heavy (non-hydrogen) atoms. The van der Waals surface area contributed by atoms with Crippen LogP contribution in [0, 0.1) is 12.8 Å². The van der Waals surface area contributed by atoms with Crippen LogP contribution in [0.5, 0.6) is 5.75 Å². The van der Waals surface area contributed by atoms with Gasteiger partial charge in [0, 0.05) is 24.6 Å². The Morgan fingerprint density at radius 2 is 1.97 bits per heavy atom. The number of hydrogen-bond acceptors (Lipinski definition) is 6. The van der Waals surface area contributed by atoms with Crippen LogP contribution in [0.15, 0.2) is 47.0 Å². The topological polar surface area (TPSA) is 97.6 Å². The number of aryl methyl sites for hydroxylation is 1. The molecule has 1 aromatic heterocycles. The van der Waals surface area contributed by atoms with E-state index in [0.29, 0.717) is 35.3 Å². The maximum absolute atomic E-state index is 13.1. The molecule has 1 unspecified atom stereocenters. The third-order valence-corrected chi connectivity index (χ3v) is 5.59. The maximum atomic E-state index is 13.1. The summed E-state index contributed by atoms with van der Waals surface area (Å²) < 4.78 is 10.6. The van der Waals surface area contributed by atoms with Gasteiger partial charge in [0.2, 0.25) is 11.8 Å². The maximum Gasteiger partial charge on any atom is 0.260 e. The largest absolute Gasteiger partial charge is 0.497 e. The summed E-state index contributed by atoms with van der Waals surface area (Å²) in [5.41, 5.74) is 2.90. The number of nitrogens with one attached hydrogen (secondary N) is 1. The van der Waals surface area contributed by atoms with Crippen LogP contribution < -0.4 is 15.0 Å². The third kappa shape index (κ3) is 4.21. The Morgan fingerprint density at radius 1 is 1.22 bits per heavy atom. The average molecular weight is 434 g/mol. The van der Waals surface area contributed by atoms with Crippen LogP contribution >= 0.6 is 0 Å². The number of ether oxygens (including phenoxy) is 1. The lowest BCUT2D eigenvalue weighted by Crippen LogP contribution is -2.28. The number of aromatic nitrogens is 2. The number of carbonyl (C=O) groups excluding carboxylic acids is 2. The van der Waals surface area contributed by atoms with Gasteiger partial charge in [-0.1, -0.05) is 31.1 Å². The summed E-state index contributed by atoms with van der Waals surface area (Å²) in [6.45, 7) is 6.19. The minimum atomic E-state index is -0.467. The molecule has 4 rings (SSSR count). The van der Waals surface area contributed by atoms with E-state index in [4.69, 9.17) is 9.26 Å². The van der Waals surface area contributed by atoms with Gasteiger partial charge in [-0.25, -0.2) is 0 Å². The molecular formula is C24H26N4O4. The summed E-state index contributed by atoms with van der Waals surface area (Å²) in [5, 5.41) is 7.03. The molecule has 8 nitrogen and oxygen atoms in total. The van der Waals surface area contributed by atoms with Crippen LogP contribution in [0.2, 0.25) is 0 Å². The number of methoxy groups -OCH3 is 1. The predicted molar refractivity (Wildman–Crippen MR) is 121 cm³/mol. The minimum absolute atomic E-state index is 0.0844. The van der Waals surface area contributed by atoms with Crippen molar-refractivity contribution in [3.05, 3.63) is 53.9 Å². The second kappa shape index (κ2) is 8.82. The van der Waals surface area contributed by atoms with Crippen molar-refractivity contribution in [2.75, 3.05) is 23.9 Å². The Bertz CT molecular complexity index is 1140. The molecule has 2 amide bonds. The molecule has 166 valence electrons. The Kier molecular flexibility index (Phi) is 5.94. The van der Waals surface area contributed by atoms with Crippen molar-refractivity contribution in [2.45, 2.75) is 33.1 Å². The number of rotatable bonds is 6. The summed E-state index contributed by atoms with van der Waals surface area (Å²) in [6.07, 6.45) is 0.150. The van der Waals surface area contributed by atoms with Crippen LogP contribution in [0.1, 0.15) is 37.6 Å². The molecule has 1 saturated heterocycles. The first-order valence-corrected chi connectivity index (χ1v) is 10.6. The van der Waals surface area contributed by atoms with Crippen molar-refractivity contribution >= 4 is 23.2 Å². The second-order valence-corrected chi connectivity index (χ2v) is 8.20. The van der Waals surface area contributed by atoms with E-state index in [1.54, 1.807) is 24.1 Å². The van der Waals surface area contributed by atoms with Gasteiger partial charge >= 0.3 is 0 Å². The SMILES string of the molecule is COc1ccc(N2CC(C(=O)Nc3c(C)cccc3-c3nc(C(C)C)no3)CC2=O)cc1. The smallest absolute Gasteiger partial charge is 0.260 e. The Balaban J connectivity index is 1.53. The van der Waals surface area contributed by atoms with E-state index in [1.807, 2.05) is 51.1 Å². The lowest BCUT2D eigenvalue weighted by atomic mass is 10.0. The number of hydrogen-bond donors (Lipinski definition) is 1. The van der Waals surface area contributed by atoms with Crippen LogP contribution in [-0.4, -0.2) is 35.6 Å². The highest BCUT2D eigenvalue weighted by Gasteiger charge is 2.35. The fourth-order valence-corrected chi connectivity index (χ4v) is 3.71. The van der Waals surface area contributed by atoms with E-state index in [2.05, 4.69) is 15.5 Å². The van der Waals surface area contributed by atoms with Gasteiger partial charge in [0.25, 0.3) is 5.89 Å². The Labute approximate surface area is 186 Å². The molecular weight excluding hydrogens is 408 g/mol. The highest BCUT2D eigenvalue weighted by Crippen LogP contribution is 2.32. The van der Waals surface area contributed by atoms with Gasteiger partial charge in [-0.2, -0.15) is 4.98 Å². The number of amides is 2. The highest BCUT2D eigenvalue weighted by molar-refractivity contribution is 6.04. The van der Waals surface area contributed by atoms with Crippen molar-refractivity contribution in [1.82, 2.24) is 10.1 Å². The normalized spacial score (nSPS) is 16.0. The summed E-state index contributed by atoms with van der Waals surface area (Å²) in [5.74, 6) is 1.04. The number of carbonyl (C=O) groups is 2. The Morgan fingerprint density at radius 3 is 2.62 bits per heavy atom. The van der Waals surface area contributed by atoms with E-state index >= 15 is 0 Å². The molecule has 8 heteroatoms. The average Bonchev–Trinajstić information content (AvgIpc) is 3.42. The molecule has 1 aliphatic heterocycles. The van der Waals surface area contributed by atoms with E-state index in [1.165, 1.54) is 0 Å². The molecule has 1 aliphatic rings. The fraction of sp³-hybridized carbons (Fsp3) is 0.333. The zero-order valence-electron chi connectivity index (χ0n) is 18.6. The molecule has 1 fully saturated rings. The van der Waals surface area contributed by atoms with Gasteiger partial charge in [-0.05, 0) is 42.8 Å². The number of nitrogens with zero attached hydrogens (tertiary/aromatic N) is 3. The first-order chi connectivity index (χ1) is 15.4. The molecule has 1 atom stereocenters. The van der Waals surface area contributed by atoms with E-state index < -0.39 is 5.92 Å². The summed E-state index contributed by atoms with van der Waals surface area (Å²) in [6, 6.07) is 12.9. The quantitative estimate of drug-likeness (QED) is 0.625. The molecule has 2 heterocycles. The number of para-hydroxylation sites is 1. The molecule has 1 N–H and O–H groups in total. The van der Waals surface area contributed by atoms with Crippen LogP contribution in [0.4, 0.5) is 11.4 Å². The zero-order valence-corrected chi connectivity index (χ0v) is 18.6. The molecule has 0 saturated carbocycles. The van der Waals surface area contributed by atoms with Crippen LogP contribution in [-0.2, 0) is 9.59 Å². The molecule has 0 aliphatic carbocycles. The standard InChI is InChI=1S/C24H26N4O4/c1-14(2)22-26-24(32-27-22)19-7-5-6-15(3)21(19)25-23(30)16-12-20(29)28(13-16)17-8-10-18(31-4)11-9-17/h5-11,14,16H,12-13H2,1-4H3,(H,25,30). The first-order valence-electron chi connectivity index (χ1n) is 10.6. The van der Waals surface area contributed by atoms with Crippen LogP contribution in [0.25, 0.3) is 11.5 Å². The highest BCUT2D eigenvalue weighted by atomic mass is 16.5. The Hall–Kier alpha value is -3.68. The van der Waals surface area contributed by atoms with Crippen molar-refractivity contribution in [3.63, 3.8) is 0 Å². The van der Waals surface area contributed by atoms with Crippen molar-refractivity contribution < 1.29 is 18.8 Å². The summed E-state index contributed by atoms with van der Waals surface area (Å²) in [4.78, 5) is 31.8. The van der Waals surface area contributed by atoms with Crippen molar-refractivity contribution in [1.29, 1.82) is 0 Å². The fourth-order valence-electron chi connectivity index (χ4n) is 3.71. The van der Waals surface area contributed by atoms with Crippen molar-refractivity contribution in [2.24, 2.45) is 5.92 Å². The van der Waals surface area contributed by atoms with E-state index in [9.17, 15) is 9.59 Å². The van der Waals surface area contributed by atoms with Gasteiger partial charge < -0.3 is 19.5 Å². The predicted octanol–water partition coefficient (Wildman–Crippen LogP) is 4.17. The number of benzene rings is 2. The lowest BCUT2D eigenvalue weighted by molar-refractivity contribution is -0.122. The third-order valence-electron chi connectivity index (χ3n) is 5.59. The minimum Gasteiger partial charge on any atom is -0.497 e. The van der Waals surface area contributed by atoms with E-state index in [-0.39, 0.29) is 24.2 Å². The van der Waals surface area contributed by atoms with Gasteiger partial charge in [0.1, 0.15) is 5.75 Å².